The number of amides is 1. The first-order valence-electron chi connectivity index (χ1n) is 12.7. The summed E-state index contributed by atoms with van der Waals surface area (Å²) in [6.45, 7) is 3.67. The van der Waals surface area contributed by atoms with E-state index in [2.05, 4.69) is 38.4 Å². The quantitative estimate of drug-likeness (QED) is 0.483. The van der Waals surface area contributed by atoms with E-state index in [1.54, 1.807) is 17.2 Å². The number of ether oxygens (including phenoxy) is 1. The summed E-state index contributed by atoms with van der Waals surface area (Å²) in [6.07, 6.45) is 4.26. The minimum atomic E-state index is -0.830. The summed E-state index contributed by atoms with van der Waals surface area (Å²) in [5, 5.41) is 22.1. The second-order valence-electron chi connectivity index (χ2n) is 9.34. The van der Waals surface area contributed by atoms with Gasteiger partial charge in [-0.25, -0.2) is 14.8 Å². The first-order valence-corrected chi connectivity index (χ1v) is 12.7. The van der Waals surface area contributed by atoms with Crippen LogP contribution in [0.2, 0.25) is 0 Å². The molecular formula is C28H30N6O3. The predicted molar refractivity (Wildman–Crippen MR) is 141 cm³/mol. The van der Waals surface area contributed by atoms with Gasteiger partial charge in [0.15, 0.2) is 0 Å². The third-order valence-electron chi connectivity index (χ3n) is 7.00. The number of nitrogens with zero attached hydrogens (tertiary/aromatic N) is 5. The topological polar surface area (TPSA) is 115 Å². The minimum Gasteiger partial charge on any atom is -0.465 e. The molecule has 3 aromatic rings. The van der Waals surface area contributed by atoms with Crippen LogP contribution in [-0.4, -0.2) is 65.0 Å². The molecule has 2 saturated heterocycles. The van der Waals surface area contributed by atoms with Crippen molar-refractivity contribution >= 4 is 23.4 Å². The standard InChI is InChI=1S/C28H30N6O3/c29-19-20-3-1-4-21(17-20)25-10-11-30-27(32-25)31-23-7-9-26(33-13-15-37-16-14-33)22(18-23)6-8-24-5-2-12-34(24)28(35)36/h1,3-4,7,9-11,17-18,24H,2,5-6,8,12-16H2,(H,35,36)(H,30,31,32)/t24-/m0/s1. The molecule has 9 heteroatoms. The van der Waals surface area contributed by atoms with Gasteiger partial charge in [-0.3, -0.25) is 0 Å². The van der Waals surface area contributed by atoms with Crippen LogP contribution in [0.4, 0.5) is 22.1 Å². The van der Waals surface area contributed by atoms with E-state index in [0.29, 0.717) is 31.3 Å². The molecule has 0 saturated carbocycles. The van der Waals surface area contributed by atoms with Crippen LogP contribution in [0.5, 0.6) is 0 Å². The zero-order chi connectivity index (χ0) is 25.6. The molecule has 2 aliphatic rings. The van der Waals surface area contributed by atoms with Gasteiger partial charge in [0.2, 0.25) is 5.95 Å². The lowest BCUT2D eigenvalue weighted by Gasteiger charge is -2.31. The van der Waals surface area contributed by atoms with Crippen molar-refractivity contribution in [1.82, 2.24) is 14.9 Å². The second kappa shape index (κ2) is 11.3. The molecule has 2 N–H and O–H groups in total. The molecule has 0 bridgehead atoms. The summed E-state index contributed by atoms with van der Waals surface area (Å²) in [6, 6.07) is 17.6. The van der Waals surface area contributed by atoms with Crippen molar-refractivity contribution < 1.29 is 14.6 Å². The number of aromatic nitrogens is 2. The number of nitriles is 1. The number of carbonyl (C=O) groups is 1. The van der Waals surface area contributed by atoms with Crippen LogP contribution >= 0.6 is 0 Å². The molecular weight excluding hydrogens is 468 g/mol. The molecule has 1 amide bonds. The van der Waals surface area contributed by atoms with Gasteiger partial charge < -0.3 is 25.0 Å². The van der Waals surface area contributed by atoms with Crippen molar-refractivity contribution in [3.63, 3.8) is 0 Å². The van der Waals surface area contributed by atoms with Gasteiger partial charge in [0.05, 0.1) is 30.5 Å². The first-order chi connectivity index (χ1) is 18.1. The van der Waals surface area contributed by atoms with E-state index in [9.17, 15) is 15.2 Å². The summed E-state index contributed by atoms with van der Waals surface area (Å²) >= 11 is 0. The van der Waals surface area contributed by atoms with Crippen molar-refractivity contribution in [2.45, 2.75) is 31.7 Å². The van der Waals surface area contributed by atoms with Crippen molar-refractivity contribution in [2.75, 3.05) is 43.1 Å². The molecule has 1 aromatic heterocycles. The lowest BCUT2D eigenvalue weighted by atomic mass is 10.0. The van der Waals surface area contributed by atoms with Gasteiger partial charge in [-0.15, -0.1) is 0 Å². The Kier molecular flexibility index (Phi) is 7.47. The number of anilines is 3. The number of benzene rings is 2. The number of morpholine rings is 1. The molecule has 2 fully saturated rings. The van der Waals surface area contributed by atoms with Gasteiger partial charge in [-0.2, -0.15) is 5.26 Å². The monoisotopic (exact) mass is 498 g/mol. The van der Waals surface area contributed by atoms with E-state index in [1.165, 1.54) is 5.56 Å². The molecule has 190 valence electrons. The van der Waals surface area contributed by atoms with Gasteiger partial charge in [0.25, 0.3) is 0 Å². The van der Waals surface area contributed by atoms with E-state index in [0.717, 1.165) is 61.4 Å². The average molecular weight is 499 g/mol. The summed E-state index contributed by atoms with van der Waals surface area (Å²) in [5.74, 6) is 0.470. The van der Waals surface area contributed by atoms with Crippen LogP contribution in [0.25, 0.3) is 11.3 Å². The van der Waals surface area contributed by atoms with E-state index in [1.807, 2.05) is 30.3 Å². The largest absolute Gasteiger partial charge is 0.465 e. The summed E-state index contributed by atoms with van der Waals surface area (Å²) in [7, 11) is 0. The molecule has 0 aliphatic carbocycles. The molecule has 9 nitrogen and oxygen atoms in total. The Labute approximate surface area is 216 Å². The predicted octanol–water partition coefficient (Wildman–Crippen LogP) is 4.67. The second-order valence-corrected chi connectivity index (χ2v) is 9.34. The van der Waals surface area contributed by atoms with Gasteiger partial charge in [0, 0.05) is 48.8 Å². The Morgan fingerprint density at radius 3 is 2.84 bits per heavy atom. The lowest BCUT2D eigenvalue weighted by molar-refractivity contribution is 0.122. The maximum absolute atomic E-state index is 11.6. The van der Waals surface area contributed by atoms with Gasteiger partial charge in [-0.1, -0.05) is 12.1 Å². The SMILES string of the molecule is N#Cc1cccc(-c2ccnc(Nc3ccc(N4CCOCC4)c(CC[C@@H]4CCCN4C(=O)O)c3)n2)c1. The van der Waals surface area contributed by atoms with Crippen LogP contribution in [0.15, 0.2) is 54.7 Å². The molecule has 3 heterocycles. The van der Waals surface area contributed by atoms with Crippen LogP contribution in [-0.2, 0) is 11.2 Å². The summed E-state index contributed by atoms with van der Waals surface area (Å²) in [5.41, 5.74) is 5.37. The molecule has 1 atom stereocenters. The normalized spacial score (nSPS) is 17.4. The summed E-state index contributed by atoms with van der Waals surface area (Å²) in [4.78, 5) is 24.6. The van der Waals surface area contributed by atoms with Crippen LogP contribution in [0.3, 0.4) is 0 Å². The van der Waals surface area contributed by atoms with Crippen molar-refractivity contribution in [2.24, 2.45) is 0 Å². The zero-order valence-electron chi connectivity index (χ0n) is 20.6. The van der Waals surface area contributed by atoms with Crippen LogP contribution in [0, 0.1) is 11.3 Å². The number of rotatable bonds is 7. The fraction of sp³-hybridized carbons (Fsp3) is 0.357. The fourth-order valence-corrected chi connectivity index (χ4v) is 5.14. The zero-order valence-corrected chi connectivity index (χ0v) is 20.6. The molecule has 0 unspecified atom stereocenters. The molecule has 5 rings (SSSR count). The Hall–Kier alpha value is -4.16. The highest BCUT2D eigenvalue weighted by molar-refractivity contribution is 5.67. The average Bonchev–Trinajstić information content (AvgIpc) is 3.42. The van der Waals surface area contributed by atoms with Crippen LogP contribution < -0.4 is 10.2 Å². The lowest BCUT2D eigenvalue weighted by Crippen LogP contribution is -2.37. The van der Waals surface area contributed by atoms with Crippen LogP contribution in [0.1, 0.15) is 30.4 Å². The molecule has 2 aromatic carbocycles. The van der Waals surface area contributed by atoms with Crippen molar-refractivity contribution in [3.05, 3.63) is 65.9 Å². The number of hydrogen-bond acceptors (Lipinski definition) is 7. The number of aryl methyl sites for hydroxylation is 1. The Morgan fingerprint density at radius 1 is 1.16 bits per heavy atom. The molecule has 0 spiro atoms. The Bertz CT molecular complexity index is 1300. The maximum atomic E-state index is 11.6. The van der Waals surface area contributed by atoms with E-state index in [-0.39, 0.29) is 6.04 Å². The molecule has 37 heavy (non-hydrogen) atoms. The minimum absolute atomic E-state index is 0.0517. The van der Waals surface area contributed by atoms with E-state index >= 15 is 0 Å². The highest BCUT2D eigenvalue weighted by Crippen LogP contribution is 2.30. The number of nitrogens with one attached hydrogen (secondary N) is 1. The van der Waals surface area contributed by atoms with Gasteiger partial charge in [0.1, 0.15) is 0 Å². The number of carboxylic acid groups (broad SMARTS) is 1. The smallest absolute Gasteiger partial charge is 0.407 e. The van der Waals surface area contributed by atoms with Gasteiger partial charge in [-0.05, 0) is 67.6 Å². The van der Waals surface area contributed by atoms with Crippen molar-refractivity contribution in [1.29, 1.82) is 5.26 Å². The van der Waals surface area contributed by atoms with E-state index < -0.39 is 6.09 Å². The molecule has 0 radical (unpaired) electrons. The third kappa shape index (κ3) is 5.81. The maximum Gasteiger partial charge on any atom is 0.407 e. The first kappa shape index (κ1) is 24.5. The highest BCUT2D eigenvalue weighted by atomic mass is 16.5. The number of hydrogen-bond donors (Lipinski definition) is 2. The fourth-order valence-electron chi connectivity index (χ4n) is 5.14. The summed E-state index contributed by atoms with van der Waals surface area (Å²) < 4.78 is 5.55. The highest BCUT2D eigenvalue weighted by Gasteiger charge is 2.28. The Balaban J connectivity index is 1.38. The number of likely N-dealkylation sites (tertiary alicyclic amines) is 1. The molecule has 2 aliphatic heterocycles. The van der Waals surface area contributed by atoms with Gasteiger partial charge >= 0.3 is 6.09 Å². The Morgan fingerprint density at radius 2 is 2.03 bits per heavy atom. The third-order valence-corrected chi connectivity index (χ3v) is 7.00. The van der Waals surface area contributed by atoms with Crippen molar-refractivity contribution in [3.8, 4) is 17.3 Å². The van der Waals surface area contributed by atoms with E-state index in [4.69, 9.17) is 4.74 Å².